The molecule has 0 aliphatic carbocycles. The smallest absolute Gasteiger partial charge is 0.374 e. The number of para-hydroxylation sites is 1. The lowest BCUT2D eigenvalue weighted by atomic mass is 10.1. The number of nitrogens with zero attached hydrogens (tertiary/aromatic N) is 2. The third-order valence-electron chi connectivity index (χ3n) is 2.54. The molecule has 0 spiro atoms. The van der Waals surface area contributed by atoms with Crippen LogP contribution < -0.4 is 0 Å². The standard InChI is InChI=1S/C11H10F2N2O2/c1-15-9-5-3-2-4-7(9)8(14-15)6-11(12,13)10(16)17/h2-5H,6H2,1H3,(H,16,17). The highest BCUT2D eigenvalue weighted by molar-refractivity contribution is 5.83. The molecular formula is C11H10F2N2O2. The van der Waals surface area contributed by atoms with Crippen molar-refractivity contribution < 1.29 is 18.7 Å². The van der Waals surface area contributed by atoms with E-state index in [-0.39, 0.29) is 5.69 Å². The predicted octanol–water partition coefficient (Wildman–Crippen LogP) is 1.84. The van der Waals surface area contributed by atoms with Crippen molar-refractivity contribution in [2.75, 3.05) is 0 Å². The SMILES string of the molecule is Cn1nc(CC(F)(F)C(=O)O)c2ccccc21. The Kier molecular flexibility index (Phi) is 2.57. The van der Waals surface area contributed by atoms with Crippen LogP contribution in [0.25, 0.3) is 10.9 Å². The summed E-state index contributed by atoms with van der Waals surface area (Å²) in [5.41, 5.74) is 0.791. The van der Waals surface area contributed by atoms with Gasteiger partial charge in [0.1, 0.15) is 0 Å². The molecule has 1 N–H and O–H groups in total. The minimum Gasteiger partial charge on any atom is -0.477 e. The van der Waals surface area contributed by atoms with Gasteiger partial charge in [-0.05, 0) is 6.07 Å². The van der Waals surface area contributed by atoms with Crippen LogP contribution in [-0.2, 0) is 18.3 Å². The topological polar surface area (TPSA) is 55.1 Å². The number of alkyl halides is 2. The fourth-order valence-electron chi connectivity index (χ4n) is 1.71. The van der Waals surface area contributed by atoms with E-state index in [4.69, 9.17) is 5.11 Å². The molecule has 6 heteroatoms. The van der Waals surface area contributed by atoms with Crippen molar-refractivity contribution in [2.24, 2.45) is 7.05 Å². The van der Waals surface area contributed by atoms with E-state index < -0.39 is 18.3 Å². The number of halogens is 2. The normalized spacial score (nSPS) is 11.9. The number of aryl methyl sites for hydroxylation is 1. The molecule has 0 aliphatic heterocycles. The number of benzene rings is 1. The lowest BCUT2D eigenvalue weighted by Gasteiger charge is -2.08. The number of aliphatic carboxylic acids is 1. The molecule has 0 amide bonds. The summed E-state index contributed by atoms with van der Waals surface area (Å²) in [6.07, 6.45) is -0.899. The molecule has 17 heavy (non-hydrogen) atoms. The van der Waals surface area contributed by atoms with Crippen molar-refractivity contribution in [3.05, 3.63) is 30.0 Å². The summed E-state index contributed by atoms with van der Waals surface area (Å²) in [6, 6.07) is 6.86. The van der Waals surface area contributed by atoms with Crippen LogP contribution in [0.5, 0.6) is 0 Å². The van der Waals surface area contributed by atoms with Crippen LogP contribution in [0.4, 0.5) is 8.78 Å². The van der Waals surface area contributed by atoms with Crippen LogP contribution in [0.3, 0.4) is 0 Å². The van der Waals surface area contributed by atoms with E-state index >= 15 is 0 Å². The fraction of sp³-hybridized carbons (Fsp3) is 0.273. The predicted molar refractivity (Wildman–Crippen MR) is 57.0 cm³/mol. The van der Waals surface area contributed by atoms with E-state index in [2.05, 4.69) is 5.10 Å². The largest absolute Gasteiger partial charge is 0.477 e. The summed E-state index contributed by atoms with van der Waals surface area (Å²) >= 11 is 0. The van der Waals surface area contributed by atoms with Crippen molar-refractivity contribution in [3.8, 4) is 0 Å². The molecule has 0 saturated heterocycles. The summed E-state index contributed by atoms with van der Waals surface area (Å²) in [5.74, 6) is -5.93. The molecule has 0 fully saturated rings. The highest BCUT2D eigenvalue weighted by atomic mass is 19.3. The molecule has 0 unspecified atom stereocenters. The van der Waals surface area contributed by atoms with Crippen molar-refractivity contribution in [2.45, 2.75) is 12.3 Å². The Labute approximate surface area is 95.5 Å². The first-order valence-electron chi connectivity index (χ1n) is 4.93. The molecule has 0 aliphatic rings. The van der Waals surface area contributed by atoms with Gasteiger partial charge in [-0.3, -0.25) is 4.68 Å². The van der Waals surface area contributed by atoms with Crippen molar-refractivity contribution in [3.63, 3.8) is 0 Å². The number of carbonyl (C=O) groups is 1. The second-order valence-electron chi connectivity index (χ2n) is 3.77. The van der Waals surface area contributed by atoms with E-state index in [1.807, 2.05) is 0 Å². The fourth-order valence-corrected chi connectivity index (χ4v) is 1.71. The van der Waals surface area contributed by atoms with E-state index in [9.17, 15) is 13.6 Å². The van der Waals surface area contributed by atoms with Crippen LogP contribution in [0.2, 0.25) is 0 Å². The zero-order chi connectivity index (χ0) is 12.6. The minimum atomic E-state index is -3.79. The molecule has 0 saturated carbocycles. The Hall–Kier alpha value is -1.98. The van der Waals surface area contributed by atoms with Gasteiger partial charge in [0.05, 0.1) is 17.6 Å². The van der Waals surface area contributed by atoms with Crippen LogP contribution in [0.15, 0.2) is 24.3 Å². The van der Waals surface area contributed by atoms with Gasteiger partial charge in [0.2, 0.25) is 0 Å². The van der Waals surface area contributed by atoms with Crippen molar-refractivity contribution in [1.29, 1.82) is 0 Å². The van der Waals surface area contributed by atoms with Crippen LogP contribution in [0, 0.1) is 0 Å². The lowest BCUT2D eigenvalue weighted by Crippen LogP contribution is -2.30. The number of fused-ring (bicyclic) bond motifs is 1. The maximum atomic E-state index is 13.1. The van der Waals surface area contributed by atoms with Gasteiger partial charge in [-0.25, -0.2) is 4.79 Å². The Balaban J connectivity index is 2.47. The summed E-state index contributed by atoms with van der Waals surface area (Å²) in [6.45, 7) is 0. The number of carboxylic acid groups (broad SMARTS) is 1. The van der Waals surface area contributed by atoms with Crippen LogP contribution in [-0.4, -0.2) is 26.8 Å². The highest BCUT2D eigenvalue weighted by Gasteiger charge is 2.40. The molecule has 90 valence electrons. The van der Waals surface area contributed by atoms with E-state index in [0.29, 0.717) is 10.9 Å². The number of carboxylic acids is 1. The third-order valence-corrected chi connectivity index (χ3v) is 2.54. The second-order valence-corrected chi connectivity index (χ2v) is 3.77. The van der Waals surface area contributed by atoms with Gasteiger partial charge in [-0.2, -0.15) is 13.9 Å². The summed E-state index contributed by atoms with van der Waals surface area (Å²) in [7, 11) is 1.63. The monoisotopic (exact) mass is 240 g/mol. The molecule has 1 heterocycles. The summed E-state index contributed by atoms with van der Waals surface area (Å²) in [5, 5.41) is 12.9. The average Bonchev–Trinajstić information content (AvgIpc) is 2.56. The molecule has 0 bridgehead atoms. The Morgan fingerprint density at radius 3 is 2.76 bits per heavy atom. The number of aromatic nitrogens is 2. The quantitative estimate of drug-likeness (QED) is 0.890. The van der Waals surface area contributed by atoms with Gasteiger partial charge < -0.3 is 5.11 Å². The molecule has 0 radical (unpaired) electrons. The molecule has 1 aromatic carbocycles. The lowest BCUT2D eigenvalue weighted by molar-refractivity contribution is -0.164. The Morgan fingerprint density at radius 1 is 1.47 bits per heavy atom. The molecule has 4 nitrogen and oxygen atoms in total. The van der Waals surface area contributed by atoms with Gasteiger partial charge in [-0.15, -0.1) is 0 Å². The first-order valence-corrected chi connectivity index (χ1v) is 4.93. The number of rotatable bonds is 3. The maximum absolute atomic E-state index is 13.1. The second kappa shape index (κ2) is 3.80. The van der Waals surface area contributed by atoms with Crippen molar-refractivity contribution >= 4 is 16.9 Å². The first kappa shape index (κ1) is 11.5. The van der Waals surface area contributed by atoms with Gasteiger partial charge >= 0.3 is 11.9 Å². The minimum absolute atomic E-state index is 0.0931. The van der Waals surface area contributed by atoms with Crippen LogP contribution in [0.1, 0.15) is 5.69 Å². The zero-order valence-electron chi connectivity index (χ0n) is 9.02. The molecule has 0 atom stereocenters. The van der Waals surface area contributed by atoms with Gasteiger partial charge in [0, 0.05) is 12.4 Å². The zero-order valence-corrected chi connectivity index (χ0v) is 9.02. The number of hydrogen-bond donors (Lipinski definition) is 1. The van der Waals surface area contributed by atoms with E-state index in [0.717, 1.165) is 0 Å². The molecule has 1 aromatic heterocycles. The first-order chi connectivity index (χ1) is 7.92. The number of hydrogen-bond acceptors (Lipinski definition) is 2. The molecule has 2 aromatic rings. The molecular weight excluding hydrogens is 230 g/mol. The Bertz CT molecular complexity index is 578. The maximum Gasteiger partial charge on any atom is 0.374 e. The van der Waals surface area contributed by atoms with Gasteiger partial charge in [-0.1, -0.05) is 18.2 Å². The molecule has 2 rings (SSSR count). The summed E-state index contributed by atoms with van der Waals surface area (Å²) < 4.78 is 27.7. The average molecular weight is 240 g/mol. The summed E-state index contributed by atoms with van der Waals surface area (Å²) in [4.78, 5) is 10.4. The van der Waals surface area contributed by atoms with Gasteiger partial charge in [0.15, 0.2) is 0 Å². The van der Waals surface area contributed by atoms with Crippen molar-refractivity contribution in [1.82, 2.24) is 9.78 Å². The Morgan fingerprint density at radius 2 is 2.12 bits per heavy atom. The highest BCUT2D eigenvalue weighted by Crippen LogP contribution is 2.25. The third kappa shape index (κ3) is 1.98. The van der Waals surface area contributed by atoms with Crippen LogP contribution >= 0.6 is 0 Å². The van der Waals surface area contributed by atoms with Gasteiger partial charge in [0.25, 0.3) is 0 Å². The van der Waals surface area contributed by atoms with E-state index in [1.165, 1.54) is 4.68 Å². The van der Waals surface area contributed by atoms with E-state index in [1.54, 1.807) is 31.3 Å².